The second-order valence-electron chi connectivity index (χ2n) is 6.08. The van der Waals surface area contributed by atoms with Crippen LogP contribution in [0.4, 0.5) is 10.1 Å². The number of aryl methyl sites for hydroxylation is 1. The number of hydrogen-bond acceptors (Lipinski definition) is 3. The van der Waals surface area contributed by atoms with Crippen LogP contribution in [0.25, 0.3) is 16.7 Å². The van der Waals surface area contributed by atoms with Gasteiger partial charge in [-0.1, -0.05) is 11.6 Å². The van der Waals surface area contributed by atoms with Crippen molar-refractivity contribution in [3.63, 3.8) is 0 Å². The van der Waals surface area contributed by atoms with Crippen LogP contribution in [-0.4, -0.2) is 20.9 Å². The fourth-order valence-corrected chi connectivity index (χ4v) is 2.81. The lowest BCUT2D eigenvalue weighted by Gasteiger charge is -2.08. The molecule has 0 saturated carbocycles. The summed E-state index contributed by atoms with van der Waals surface area (Å²) in [6.07, 6.45) is 0. The first-order valence-electron chi connectivity index (χ1n) is 8.20. The summed E-state index contributed by atoms with van der Waals surface area (Å²) in [6, 6.07) is 16.2. The highest BCUT2D eigenvalue weighted by Crippen LogP contribution is 2.23. The Kier molecular flexibility index (Phi) is 4.33. The van der Waals surface area contributed by atoms with Crippen molar-refractivity contribution in [1.29, 1.82) is 0 Å². The van der Waals surface area contributed by atoms with E-state index in [1.165, 1.54) is 29.1 Å². The summed E-state index contributed by atoms with van der Waals surface area (Å²) >= 11 is 5.92. The minimum Gasteiger partial charge on any atom is -0.322 e. The molecule has 7 heteroatoms. The molecule has 0 bridgehead atoms. The maximum Gasteiger partial charge on any atom is 0.255 e. The summed E-state index contributed by atoms with van der Waals surface area (Å²) in [5.41, 5.74) is 3.99. The number of benzene rings is 3. The average molecular weight is 381 g/mol. The van der Waals surface area contributed by atoms with Crippen molar-refractivity contribution in [2.45, 2.75) is 6.92 Å². The van der Waals surface area contributed by atoms with E-state index in [0.29, 0.717) is 27.3 Å². The fourth-order valence-electron chi connectivity index (χ4n) is 2.69. The first-order chi connectivity index (χ1) is 13.0. The summed E-state index contributed by atoms with van der Waals surface area (Å²) < 4.78 is 13.0. The number of nitrogens with one attached hydrogen (secondary N) is 1. The lowest BCUT2D eigenvalue weighted by Crippen LogP contribution is -2.12. The lowest BCUT2D eigenvalue weighted by atomic mass is 10.1. The zero-order valence-corrected chi connectivity index (χ0v) is 15.0. The van der Waals surface area contributed by atoms with E-state index in [0.717, 1.165) is 11.3 Å². The van der Waals surface area contributed by atoms with Gasteiger partial charge in [-0.05, 0) is 73.2 Å². The predicted molar refractivity (Wildman–Crippen MR) is 103 cm³/mol. The molecule has 0 aliphatic carbocycles. The Morgan fingerprint density at radius 2 is 1.63 bits per heavy atom. The van der Waals surface area contributed by atoms with Gasteiger partial charge in [0.2, 0.25) is 0 Å². The van der Waals surface area contributed by atoms with Crippen LogP contribution >= 0.6 is 11.6 Å². The van der Waals surface area contributed by atoms with Gasteiger partial charge in [0.05, 0.1) is 5.69 Å². The predicted octanol–water partition coefficient (Wildman–Crippen LogP) is 4.77. The Morgan fingerprint density at radius 1 is 1.00 bits per heavy atom. The zero-order chi connectivity index (χ0) is 19.0. The molecular formula is C20H14ClFN4O. The quantitative estimate of drug-likeness (QED) is 0.556. The van der Waals surface area contributed by atoms with Gasteiger partial charge in [-0.2, -0.15) is 4.80 Å². The van der Waals surface area contributed by atoms with Crippen molar-refractivity contribution in [3.05, 3.63) is 82.6 Å². The standard InChI is InChI=1S/C20H14ClFN4O/c1-12-10-18-19(25-26(24-18)16-8-4-14(21)5-9-16)11-17(12)23-20(27)13-2-6-15(22)7-3-13/h2-11H,1H3,(H,23,27). The summed E-state index contributed by atoms with van der Waals surface area (Å²) in [5, 5.41) is 12.4. The fraction of sp³-hybridized carbons (Fsp3) is 0.0500. The van der Waals surface area contributed by atoms with Crippen LogP contribution in [0, 0.1) is 12.7 Å². The van der Waals surface area contributed by atoms with Crippen molar-refractivity contribution < 1.29 is 9.18 Å². The molecule has 0 radical (unpaired) electrons. The molecule has 5 nitrogen and oxygen atoms in total. The monoisotopic (exact) mass is 380 g/mol. The number of aromatic nitrogens is 3. The first-order valence-corrected chi connectivity index (χ1v) is 8.58. The molecule has 1 amide bonds. The van der Waals surface area contributed by atoms with Crippen LogP contribution in [0.15, 0.2) is 60.7 Å². The van der Waals surface area contributed by atoms with Crippen molar-refractivity contribution in [1.82, 2.24) is 15.0 Å². The molecule has 4 aromatic rings. The Labute approximate surface area is 159 Å². The number of hydrogen-bond donors (Lipinski definition) is 1. The molecule has 4 rings (SSSR count). The molecule has 1 aromatic heterocycles. The molecule has 0 saturated heterocycles. The molecule has 0 atom stereocenters. The van der Waals surface area contributed by atoms with Gasteiger partial charge in [0.1, 0.15) is 16.9 Å². The smallest absolute Gasteiger partial charge is 0.255 e. The van der Waals surface area contributed by atoms with Crippen LogP contribution in [0.3, 0.4) is 0 Å². The van der Waals surface area contributed by atoms with Crippen molar-refractivity contribution in [2.75, 3.05) is 5.32 Å². The van der Waals surface area contributed by atoms with Crippen LogP contribution in [-0.2, 0) is 0 Å². The highest BCUT2D eigenvalue weighted by molar-refractivity contribution is 6.30. The van der Waals surface area contributed by atoms with E-state index < -0.39 is 0 Å². The van der Waals surface area contributed by atoms with Crippen molar-refractivity contribution >= 4 is 34.2 Å². The molecule has 0 aliphatic heterocycles. The second-order valence-corrected chi connectivity index (χ2v) is 6.52. The van der Waals surface area contributed by atoms with Gasteiger partial charge in [-0.25, -0.2) is 4.39 Å². The third kappa shape index (κ3) is 3.52. The van der Waals surface area contributed by atoms with E-state index in [4.69, 9.17) is 11.6 Å². The molecule has 27 heavy (non-hydrogen) atoms. The highest BCUT2D eigenvalue weighted by atomic mass is 35.5. The molecular weight excluding hydrogens is 367 g/mol. The van der Waals surface area contributed by atoms with E-state index in [2.05, 4.69) is 15.5 Å². The summed E-state index contributed by atoms with van der Waals surface area (Å²) in [4.78, 5) is 13.9. The molecule has 0 aliphatic rings. The van der Waals surface area contributed by atoms with Gasteiger partial charge in [0.15, 0.2) is 0 Å². The molecule has 1 N–H and O–H groups in total. The van der Waals surface area contributed by atoms with E-state index in [9.17, 15) is 9.18 Å². The minimum absolute atomic E-state index is 0.317. The van der Waals surface area contributed by atoms with E-state index in [-0.39, 0.29) is 11.7 Å². The molecule has 134 valence electrons. The zero-order valence-electron chi connectivity index (χ0n) is 14.3. The molecule has 0 unspecified atom stereocenters. The number of halogens is 2. The minimum atomic E-state index is -0.386. The number of rotatable bonds is 3. The molecule has 3 aromatic carbocycles. The van der Waals surface area contributed by atoms with Crippen LogP contribution in [0.5, 0.6) is 0 Å². The van der Waals surface area contributed by atoms with Gasteiger partial charge in [-0.15, -0.1) is 10.2 Å². The topological polar surface area (TPSA) is 59.8 Å². The van der Waals surface area contributed by atoms with Crippen LogP contribution < -0.4 is 5.32 Å². The van der Waals surface area contributed by atoms with E-state index in [1.54, 1.807) is 18.2 Å². The summed E-state index contributed by atoms with van der Waals surface area (Å²) in [6.45, 7) is 1.88. The number of amides is 1. The molecule has 1 heterocycles. The number of fused-ring (bicyclic) bond motifs is 1. The maximum atomic E-state index is 13.0. The number of anilines is 1. The summed E-state index contributed by atoms with van der Waals surface area (Å²) in [7, 11) is 0. The Balaban J connectivity index is 1.65. The average Bonchev–Trinajstić information content (AvgIpc) is 3.05. The van der Waals surface area contributed by atoms with Gasteiger partial charge < -0.3 is 5.32 Å². The number of carbonyl (C=O) groups is 1. The van der Waals surface area contributed by atoms with Crippen molar-refractivity contribution in [3.8, 4) is 5.69 Å². The van der Waals surface area contributed by atoms with Gasteiger partial charge in [-0.3, -0.25) is 4.79 Å². The summed E-state index contributed by atoms with van der Waals surface area (Å²) in [5.74, 6) is -0.703. The lowest BCUT2D eigenvalue weighted by molar-refractivity contribution is 0.102. The molecule has 0 spiro atoms. The Morgan fingerprint density at radius 3 is 2.30 bits per heavy atom. The Bertz CT molecular complexity index is 1140. The van der Waals surface area contributed by atoms with E-state index in [1.807, 2.05) is 25.1 Å². The third-order valence-electron chi connectivity index (χ3n) is 4.14. The van der Waals surface area contributed by atoms with Crippen LogP contribution in [0.2, 0.25) is 5.02 Å². The number of carbonyl (C=O) groups excluding carboxylic acids is 1. The highest BCUT2D eigenvalue weighted by Gasteiger charge is 2.12. The largest absolute Gasteiger partial charge is 0.322 e. The van der Waals surface area contributed by atoms with E-state index >= 15 is 0 Å². The van der Waals surface area contributed by atoms with Gasteiger partial charge in [0, 0.05) is 16.3 Å². The van der Waals surface area contributed by atoms with Crippen molar-refractivity contribution in [2.24, 2.45) is 0 Å². The Hall–Kier alpha value is -3.25. The third-order valence-corrected chi connectivity index (χ3v) is 4.39. The van der Waals surface area contributed by atoms with Gasteiger partial charge in [0.25, 0.3) is 5.91 Å². The normalized spacial score (nSPS) is 10.9. The van der Waals surface area contributed by atoms with Crippen LogP contribution in [0.1, 0.15) is 15.9 Å². The van der Waals surface area contributed by atoms with Gasteiger partial charge >= 0.3 is 0 Å². The molecule has 0 fully saturated rings. The number of nitrogens with zero attached hydrogens (tertiary/aromatic N) is 3. The first kappa shape index (κ1) is 17.2. The maximum absolute atomic E-state index is 13.0. The SMILES string of the molecule is Cc1cc2nn(-c3ccc(Cl)cc3)nc2cc1NC(=O)c1ccc(F)cc1. The second kappa shape index (κ2) is 6.81.